The third kappa shape index (κ3) is 3.72. The van der Waals surface area contributed by atoms with Crippen molar-refractivity contribution in [3.05, 3.63) is 24.2 Å². The average Bonchev–Trinajstić information content (AvgIpc) is 3.19. The third-order valence-corrected chi connectivity index (χ3v) is 4.80. The first-order chi connectivity index (χ1) is 11.0. The molecule has 0 saturated carbocycles. The molecule has 1 N–H and O–H groups in total. The molecular formula is C16H22F3NO3. The van der Waals surface area contributed by atoms with Crippen molar-refractivity contribution in [2.24, 2.45) is 0 Å². The van der Waals surface area contributed by atoms with E-state index in [0.717, 1.165) is 0 Å². The van der Waals surface area contributed by atoms with Crippen molar-refractivity contribution in [1.29, 1.82) is 0 Å². The zero-order valence-electron chi connectivity index (χ0n) is 12.8. The maximum atomic E-state index is 13.6. The van der Waals surface area contributed by atoms with Crippen LogP contribution in [0, 0.1) is 0 Å². The van der Waals surface area contributed by atoms with E-state index in [1.165, 1.54) is 11.2 Å². The lowest BCUT2D eigenvalue weighted by molar-refractivity contribution is -0.213. The minimum Gasteiger partial charge on any atom is -0.467 e. The van der Waals surface area contributed by atoms with Crippen molar-refractivity contribution in [1.82, 2.24) is 4.90 Å². The Hall–Kier alpha value is -1.05. The largest absolute Gasteiger partial charge is 0.467 e. The standard InChI is InChI=1S/C16H22F3NO3/c17-16(18,19)15(14-6-3-9-23-14)20-7-1-4-11(20)10-12(21)13-5-2-8-22-13/h2,5,8,11-12,14-15,21H,1,3-4,6-7,9-10H2. The molecule has 130 valence electrons. The second kappa shape index (κ2) is 6.83. The number of likely N-dealkylation sites (tertiary alicyclic amines) is 1. The van der Waals surface area contributed by atoms with Crippen LogP contribution in [0.15, 0.2) is 22.8 Å². The number of nitrogens with zero attached hydrogens (tertiary/aromatic N) is 1. The van der Waals surface area contributed by atoms with Crippen molar-refractivity contribution in [3.63, 3.8) is 0 Å². The molecule has 0 aliphatic carbocycles. The fourth-order valence-corrected chi connectivity index (χ4v) is 3.80. The minimum absolute atomic E-state index is 0.243. The fraction of sp³-hybridized carbons (Fsp3) is 0.750. The summed E-state index contributed by atoms with van der Waals surface area (Å²) in [4.78, 5) is 1.49. The van der Waals surface area contributed by atoms with E-state index >= 15 is 0 Å². The van der Waals surface area contributed by atoms with Gasteiger partial charge in [-0.3, -0.25) is 4.90 Å². The van der Waals surface area contributed by atoms with Crippen LogP contribution in [0.25, 0.3) is 0 Å². The number of aliphatic hydroxyl groups is 1. The summed E-state index contributed by atoms with van der Waals surface area (Å²) >= 11 is 0. The van der Waals surface area contributed by atoms with E-state index in [9.17, 15) is 18.3 Å². The van der Waals surface area contributed by atoms with Gasteiger partial charge in [-0.15, -0.1) is 0 Å². The van der Waals surface area contributed by atoms with Gasteiger partial charge in [0.15, 0.2) is 0 Å². The van der Waals surface area contributed by atoms with Crippen LogP contribution in [0.4, 0.5) is 13.2 Å². The number of hydrogen-bond donors (Lipinski definition) is 1. The van der Waals surface area contributed by atoms with Gasteiger partial charge in [0.2, 0.25) is 0 Å². The highest BCUT2D eigenvalue weighted by Crippen LogP contribution is 2.38. The number of rotatable bonds is 5. The predicted molar refractivity (Wildman–Crippen MR) is 76.8 cm³/mol. The molecular weight excluding hydrogens is 311 g/mol. The van der Waals surface area contributed by atoms with Gasteiger partial charge in [0.1, 0.15) is 17.9 Å². The van der Waals surface area contributed by atoms with Crippen molar-refractivity contribution in [3.8, 4) is 0 Å². The summed E-state index contributed by atoms with van der Waals surface area (Å²) in [5, 5.41) is 10.2. The van der Waals surface area contributed by atoms with Gasteiger partial charge in [-0.05, 0) is 50.8 Å². The molecule has 1 aromatic heterocycles. The molecule has 4 nitrogen and oxygen atoms in total. The molecule has 0 amide bonds. The van der Waals surface area contributed by atoms with Gasteiger partial charge in [-0.1, -0.05) is 0 Å². The van der Waals surface area contributed by atoms with E-state index in [0.29, 0.717) is 44.6 Å². The quantitative estimate of drug-likeness (QED) is 0.898. The average molecular weight is 333 g/mol. The van der Waals surface area contributed by atoms with E-state index < -0.39 is 24.4 Å². The Morgan fingerprint density at radius 1 is 1.30 bits per heavy atom. The van der Waals surface area contributed by atoms with Crippen LogP contribution in [0.5, 0.6) is 0 Å². The minimum atomic E-state index is -4.33. The number of hydrogen-bond acceptors (Lipinski definition) is 4. The Bertz CT molecular complexity index is 485. The zero-order valence-corrected chi connectivity index (χ0v) is 12.8. The highest BCUT2D eigenvalue weighted by molar-refractivity contribution is 5.04. The molecule has 7 heteroatoms. The van der Waals surface area contributed by atoms with Crippen molar-refractivity contribution in [2.45, 2.75) is 62.6 Å². The number of aliphatic hydroxyl groups excluding tert-OH is 1. The Morgan fingerprint density at radius 3 is 2.74 bits per heavy atom. The van der Waals surface area contributed by atoms with Crippen molar-refractivity contribution in [2.75, 3.05) is 13.2 Å². The highest BCUT2D eigenvalue weighted by Gasteiger charge is 2.52. The van der Waals surface area contributed by atoms with Gasteiger partial charge in [0.05, 0.1) is 12.4 Å². The Balaban J connectivity index is 1.73. The lowest BCUT2D eigenvalue weighted by Gasteiger charge is -2.37. The first-order valence-electron chi connectivity index (χ1n) is 8.12. The normalized spacial score (nSPS) is 29.0. The summed E-state index contributed by atoms with van der Waals surface area (Å²) in [7, 11) is 0. The van der Waals surface area contributed by atoms with Gasteiger partial charge in [-0.25, -0.2) is 0 Å². The Morgan fingerprint density at radius 2 is 2.13 bits per heavy atom. The predicted octanol–water partition coefficient (Wildman–Crippen LogP) is 3.28. The van der Waals surface area contributed by atoms with Gasteiger partial charge >= 0.3 is 6.18 Å². The molecule has 0 radical (unpaired) electrons. The van der Waals surface area contributed by atoms with Gasteiger partial charge < -0.3 is 14.3 Å². The van der Waals surface area contributed by atoms with E-state index in [4.69, 9.17) is 9.15 Å². The first kappa shape index (κ1) is 16.8. The maximum absolute atomic E-state index is 13.6. The second-order valence-corrected chi connectivity index (χ2v) is 6.34. The number of furan rings is 1. The monoisotopic (exact) mass is 333 g/mol. The Labute approximate surface area is 133 Å². The summed E-state index contributed by atoms with van der Waals surface area (Å²) in [5.41, 5.74) is 0. The summed E-state index contributed by atoms with van der Waals surface area (Å²) in [6.07, 6.45) is -1.84. The number of alkyl halides is 3. The molecule has 2 aliphatic heterocycles. The van der Waals surface area contributed by atoms with Gasteiger partial charge in [-0.2, -0.15) is 13.2 Å². The van der Waals surface area contributed by atoms with E-state index in [1.807, 2.05) is 0 Å². The van der Waals surface area contributed by atoms with Crippen LogP contribution >= 0.6 is 0 Å². The molecule has 3 rings (SSSR count). The topological polar surface area (TPSA) is 45.8 Å². The van der Waals surface area contributed by atoms with Crippen LogP contribution in [-0.4, -0.2) is 47.5 Å². The molecule has 4 atom stereocenters. The SMILES string of the molecule is OC(CC1CCCN1C(C1CCCO1)C(F)(F)F)c1ccco1. The van der Waals surface area contributed by atoms with E-state index in [1.54, 1.807) is 12.1 Å². The molecule has 1 aromatic rings. The van der Waals surface area contributed by atoms with Crippen LogP contribution in [0.3, 0.4) is 0 Å². The van der Waals surface area contributed by atoms with E-state index in [2.05, 4.69) is 0 Å². The lowest BCUT2D eigenvalue weighted by atomic mass is 10.0. The molecule has 0 spiro atoms. The summed E-state index contributed by atoms with van der Waals surface area (Å²) in [5.74, 6) is 0.400. The smallest absolute Gasteiger partial charge is 0.406 e. The summed E-state index contributed by atoms with van der Waals surface area (Å²) < 4.78 is 51.3. The third-order valence-electron chi connectivity index (χ3n) is 4.80. The van der Waals surface area contributed by atoms with Crippen LogP contribution in [-0.2, 0) is 4.74 Å². The molecule has 0 bridgehead atoms. The fourth-order valence-electron chi connectivity index (χ4n) is 3.80. The van der Waals surface area contributed by atoms with Gasteiger partial charge in [0, 0.05) is 12.6 Å². The Kier molecular flexibility index (Phi) is 4.98. The molecule has 4 unspecified atom stereocenters. The first-order valence-corrected chi connectivity index (χ1v) is 8.12. The maximum Gasteiger partial charge on any atom is 0.406 e. The number of ether oxygens (including phenoxy) is 1. The molecule has 23 heavy (non-hydrogen) atoms. The molecule has 2 saturated heterocycles. The second-order valence-electron chi connectivity index (χ2n) is 6.34. The highest BCUT2D eigenvalue weighted by atomic mass is 19.4. The zero-order chi connectivity index (χ0) is 16.4. The van der Waals surface area contributed by atoms with E-state index in [-0.39, 0.29) is 12.5 Å². The van der Waals surface area contributed by atoms with Gasteiger partial charge in [0.25, 0.3) is 0 Å². The van der Waals surface area contributed by atoms with Crippen LogP contribution in [0.2, 0.25) is 0 Å². The molecule has 3 heterocycles. The van der Waals surface area contributed by atoms with Crippen LogP contribution < -0.4 is 0 Å². The number of halogens is 3. The lowest BCUT2D eigenvalue weighted by Crippen LogP contribution is -2.54. The van der Waals surface area contributed by atoms with Crippen molar-refractivity contribution >= 4 is 0 Å². The molecule has 2 aliphatic rings. The summed E-state index contributed by atoms with van der Waals surface area (Å²) in [6, 6.07) is 1.41. The van der Waals surface area contributed by atoms with Crippen LogP contribution in [0.1, 0.15) is 44.0 Å². The van der Waals surface area contributed by atoms with Crippen molar-refractivity contribution < 1.29 is 27.4 Å². The molecule has 2 fully saturated rings. The summed E-state index contributed by atoms with van der Waals surface area (Å²) in [6.45, 7) is 0.782. The molecule has 0 aromatic carbocycles.